The van der Waals surface area contributed by atoms with Gasteiger partial charge in [0.05, 0.1) is 11.3 Å². The molecular weight excluding hydrogens is 361 g/mol. The van der Waals surface area contributed by atoms with E-state index < -0.39 is 21.9 Å². The molecule has 0 aliphatic rings. The lowest BCUT2D eigenvalue weighted by Gasteiger charge is -2.14. The van der Waals surface area contributed by atoms with E-state index in [2.05, 4.69) is 25.4 Å². The van der Waals surface area contributed by atoms with E-state index in [1.165, 1.54) is 0 Å². The van der Waals surface area contributed by atoms with Crippen LogP contribution >= 0.6 is 15.9 Å². The zero-order chi connectivity index (χ0) is 15.6. The van der Waals surface area contributed by atoms with Crippen LogP contribution in [0.2, 0.25) is 0 Å². The number of rotatable bonds is 5. The first-order valence-corrected chi connectivity index (χ1v) is 7.93. The predicted octanol–water partition coefficient (Wildman–Crippen LogP) is 3.37. The Labute approximate surface area is 124 Å². The van der Waals surface area contributed by atoms with Gasteiger partial charge in [0.2, 0.25) is 0 Å². The molecule has 2 N–H and O–H groups in total. The lowest BCUT2D eigenvalue weighted by molar-refractivity contribution is -0.137. The minimum Gasteiger partial charge on any atom is -0.270 e. The van der Waals surface area contributed by atoms with Crippen LogP contribution in [0.3, 0.4) is 0 Å². The molecule has 0 heterocycles. The van der Waals surface area contributed by atoms with Gasteiger partial charge >= 0.3 is 6.18 Å². The fraction of sp³-hybridized carbons (Fsp3) is 0.455. The van der Waals surface area contributed by atoms with Gasteiger partial charge in [-0.2, -0.15) is 26.3 Å². The Morgan fingerprint density at radius 1 is 1.30 bits per heavy atom. The molecule has 20 heavy (non-hydrogen) atoms. The third kappa shape index (κ3) is 5.29. The van der Waals surface area contributed by atoms with Gasteiger partial charge in [-0.1, -0.05) is 13.8 Å². The zero-order valence-corrected chi connectivity index (χ0v) is 13.2. The highest BCUT2D eigenvalue weighted by Gasteiger charge is 2.31. The van der Waals surface area contributed by atoms with E-state index in [9.17, 15) is 21.6 Å². The third-order valence-electron chi connectivity index (χ3n) is 2.22. The molecule has 0 aromatic heterocycles. The van der Waals surface area contributed by atoms with Gasteiger partial charge in [-0.05, 0) is 40.0 Å². The number of benzene rings is 1. The third-order valence-corrected chi connectivity index (χ3v) is 3.95. The Kier molecular flexibility index (Phi) is 5.45. The SMILES string of the molecule is CC(C)CNS(=O)(=O)Nc1cc(C(F)(F)F)ccc1Br. The van der Waals surface area contributed by atoms with Crippen molar-refractivity contribution in [1.29, 1.82) is 0 Å². The molecular formula is C11H14BrF3N2O2S. The monoisotopic (exact) mass is 374 g/mol. The summed E-state index contributed by atoms with van der Waals surface area (Å²) in [6.45, 7) is 3.80. The summed E-state index contributed by atoms with van der Waals surface area (Å²) in [7, 11) is -3.91. The molecule has 0 saturated carbocycles. The minimum atomic E-state index is -4.54. The molecule has 1 aromatic rings. The van der Waals surface area contributed by atoms with E-state index in [1.54, 1.807) is 0 Å². The van der Waals surface area contributed by atoms with Crippen molar-refractivity contribution in [2.24, 2.45) is 5.92 Å². The molecule has 0 spiro atoms. The first-order valence-electron chi connectivity index (χ1n) is 5.65. The van der Waals surface area contributed by atoms with Crippen molar-refractivity contribution in [3.8, 4) is 0 Å². The summed E-state index contributed by atoms with van der Waals surface area (Å²) in [4.78, 5) is 0. The molecule has 0 aliphatic carbocycles. The minimum absolute atomic E-state index is 0.0801. The molecule has 1 rings (SSSR count). The van der Waals surface area contributed by atoms with Crippen LogP contribution < -0.4 is 9.44 Å². The normalized spacial score (nSPS) is 12.8. The number of hydrogen-bond donors (Lipinski definition) is 2. The first-order chi connectivity index (χ1) is 9.01. The van der Waals surface area contributed by atoms with Gasteiger partial charge in [0, 0.05) is 11.0 Å². The topological polar surface area (TPSA) is 58.2 Å². The van der Waals surface area contributed by atoms with E-state index in [0.717, 1.165) is 18.2 Å². The van der Waals surface area contributed by atoms with E-state index in [1.807, 2.05) is 13.8 Å². The summed E-state index contributed by atoms with van der Waals surface area (Å²) in [6.07, 6.45) is -4.54. The highest BCUT2D eigenvalue weighted by atomic mass is 79.9. The number of anilines is 1. The van der Waals surface area contributed by atoms with E-state index >= 15 is 0 Å². The molecule has 0 unspecified atom stereocenters. The summed E-state index contributed by atoms with van der Waals surface area (Å²) in [5, 5.41) is 0. The molecule has 9 heteroatoms. The second-order valence-corrected chi connectivity index (χ2v) is 6.89. The van der Waals surface area contributed by atoms with Crippen molar-refractivity contribution in [2.45, 2.75) is 20.0 Å². The second kappa shape index (κ2) is 6.31. The van der Waals surface area contributed by atoms with Crippen LogP contribution in [0.15, 0.2) is 22.7 Å². The van der Waals surface area contributed by atoms with E-state index in [4.69, 9.17) is 0 Å². The lowest BCUT2D eigenvalue weighted by atomic mass is 10.2. The van der Waals surface area contributed by atoms with Crippen LogP contribution in [0.25, 0.3) is 0 Å². The number of nitrogens with one attached hydrogen (secondary N) is 2. The molecule has 0 bridgehead atoms. The molecule has 0 aliphatic heterocycles. The molecule has 0 saturated heterocycles. The summed E-state index contributed by atoms with van der Waals surface area (Å²) >= 11 is 3.01. The predicted molar refractivity (Wildman–Crippen MR) is 74.5 cm³/mol. The highest BCUT2D eigenvalue weighted by Crippen LogP contribution is 2.34. The average molecular weight is 375 g/mol. The number of hydrogen-bond acceptors (Lipinski definition) is 2. The Balaban J connectivity index is 2.97. The zero-order valence-electron chi connectivity index (χ0n) is 10.8. The number of alkyl halides is 3. The molecule has 1 aromatic carbocycles. The second-order valence-electron chi connectivity index (χ2n) is 4.54. The summed E-state index contributed by atoms with van der Waals surface area (Å²) < 4.78 is 65.7. The maximum Gasteiger partial charge on any atom is 0.416 e. The first kappa shape index (κ1) is 17.3. The maximum absolute atomic E-state index is 12.6. The van der Waals surface area contributed by atoms with Crippen molar-refractivity contribution in [3.63, 3.8) is 0 Å². The molecule has 114 valence electrons. The van der Waals surface area contributed by atoms with Crippen LogP contribution in [-0.4, -0.2) is 15.0 Å². The smallest absolute Gasteiger partial charge is 0.270 e. The van der Waals surface area contributed by atoms with Gasteiger partial charge in [0.25, 0.3) is 10.2 Å². The fourth-order valence-corrected chi connectivity index (χ4v) is 2.80. The summed E-state index contributed by atoms with van der Waals surface area (Å²) in [5.41, 5.74) is -1.10. The van der Waals surface area contributed by atoms with Crippen molar-refractivity contribution in [2.75, 3.05) is 11.3 Å². The number of halogens is 4. The van der Waals surface area contributed by atoms with Crippen molar-refractivity contribution in [3.05, 3.63) is 28.2 Å². The quantitative estimate of drug-likeness (QED) is 0.829. The molecule has 4 nitrogen and oxygen atoms in total. The molecule has 0 radical (unpaired) electrons. The highest BCUT2D eigenvalue weighted by molar-refractivity contribution is 9.10. The lowest BCUT2D eigenvalue weighted by Crippen LogP contribution is -2.33. The Morgan fingerprint density at radius 2 is 1.90 bits per heavy atom. The Hall–Kier alpha value is -0.800. The van der Waals surface area contributed by atoms with Crippen molar-refractivity contribution < 1.29 is 21.6 Å². The fourth-order valence-electron chi connectivity index (χ4n) is 1.24. The van der Waals surface area contributed by atoms with Gasteiger partial charge in [-0.3, -0.25) is 4.72 Å². The van der Waals surface area contributed by atoms with Crippen LogP contribution in [0.4, 0.5) is 18.9 Å². The Bertz CT molecular complexity index is 574. The van der Waals surface area contributed by atoms with Crippen LogP contribution in [0.1, 0.15) is 19.4 Å². The average Bonchev–Trinajstić information content (AvgIpc) is 2.28. The van der Waals surface area contributed by atoms with Gasteiger partial charge in [0.15, 0.2) is 0 Å². The van der Waals surface area contributed by atoms with Crippen molar-refractivity contribution in [1.82, 2.24) is 4.72 Å². The summed E-state index contributed by atoms with van der Waals surface area (Å²) in [6, 6.07) is 2.74. The van der Waals surface area contributed by atoms with Gasteiger partial charge < -0.3 is 0 Å². The van der Waals surface area contributed by atoms with Crippen LogP contribution in [0.5, 0.6) is 0 Å². The molecule has 0 fully saturated rings. The van der Waals surface area contributed by atoms with E-state index in [0.29, 0.717) is 0 Å². The molecule has 0 atom stereocenters. The summed E-state index contributed by atoms with van der Waals surface area (Å²) in [5.74, 6) is 0.0801. The Morgan fingerprint density at radius 3 is 2.40 bits per heavy atom. The maximum atomic E-state index is 12.6. The van der Waals surface area contributed by atoms with E-state index in [-0.39, 0.29) is 22.6 Å². The van der Waals surface area contributed by atoms with Gasteiger partial charge in [0.1, 0.15) is 0 Å². The largest absolute Gasteiger partial charge is 0.416 e. The van der Waals surface area contributed by atoms with Crippen LogP contribution in [-0.2, 0) is 16.4 Å². The van der Waals surface area contributed by atoms with Gasteiger partial charge in [-0.25, -0.2) is 0 Å². The van der Waals surface area contributed by atoms with Gasteiger partial charge in [-0.15, -0.1) is 0 Å². The molecule has 0 amide bonds. The van der Waals surface area contributed by atoms with Crippen molar-refractivity contribution >= 4 is 31.8 Å². The van der Waals surface area contributed by atoms with Crippen LogP contribution in [0, 0.1) is 5.92 Å². The standard InChI is InChI=1S/C11H14BrF3N2O2S/c1-7(2)6-16-20(18,19)17-10-5-8(11(13,14)15)3-4-9(10)12/h3-5,7,16-17H,6H2,1-2H3.